The van der Waals surface area contributed by atoms with Crippen molar-refractivity contribution < 1.29 is 14.4 Å². The summed E-state index contributed by atoms with van der Waals surface area (Å²) in [5.74, 6) is 0. The molecule has 0 heterocycles. The minimum Gasteiger partial charge on any atom is -0.344 e. The Labute approximate surface area is 94.7 Å². The molecule has 0 aromatic carbocycles. The SMILES string of the molecule is CC(=O)S.CC(=O)S.CC(=O)S.N. The van der Waals surface area contributed by atoms with E-state index < -0.39 is 0 Å². The average Bonchev–Trinajstić information content (AvgIpc) is 1.54. The van der Waals surface area contributed by atoms with Gasteiger partial charge in [0.25, 0.3) is 0 Å². The van der Waals surface area contributed by atoms with Crippen LogP contribution in [0.1, 0.15) is 20.8 Å². The summed E-state index contributed by atoms with van der Waals surface area (Å²) in [7, 11) is 0. The van der Waals surface area contributed by atoms with E-state index >= 15 is 0 Å². The highest BCUT2D eigenvalue weighted by atomic mass is 32.1. The average molecular weight is 245 g/mol. The Hall–Kier alpha value is 0.0200. The third kappa shape index (κ3) is 3020000. The smallest absolute Gasteiger partial charge is 0.182 e. The van der Waals surface area contributed by atoms with Gasteiger partial charge in [0.15, 0.2) is 15.3 Å². The molecule has 0 saturated carbocycles. The zero-order chi connectivity index (χ0) is 10.7. The summed E-state index contributed by atoms with van der Waals surface area (Å²) in [4.78, 5) is 27.9. The van der Waals surface area contributed by atoms with Gasteiger partial charge in [0, 0.05) is 20.8 Å². The van der Waals surface area contributed by atoms with E-state index in [1.54, 1.807) is 0 Å². The molecular formula is C6H15NO3S3. The molecule has 0 aliphatic heterocycles. The number of thiol groups is 3. The molecule has 0 unspecified atom stereocenters. The normalized spacial score (nSPS) is 6.00. The van der Waals surface area contributed by atoms with Gasteiger partial charge in [-0.3, -0.25) is 14.4 Å². The zero-order valence-corrected chi connectivity index (χ0v) is 10.5. The molecule has 0 radical (unpaired) electrons. The van der Waals surface area contributed by atoms with Crippen LogP contribution in [-0.2, 0) is 14.4 Å². The summed E-state index contributed by atoms with van der Waals surface area (Å²) in [6.07, 6.45) is 0. The molecule has 0 amide bonds. The van der Waals surface area contributed by atoms with Gasteiger partial charge < -0.3 is 6.15 Å². The standard InChI is InChI=1S/3C2H4OS.H3N/c3*1-2(3)4;/h3*1H3,(H,3,4);1H3. The summed E-state index contributed by atoms with van der Waals surface area (Å²) >= 11 is 9.98. The molecule has 0 fully saturated rings. The van der Waals surface area contributed by atoms with Crippen LogP contribution in [0.15, 0.2) is 0 Å². The van der Waals surface area contributed by atoms with Crippen molar-refractivity contribution in [1.82, 2.24) is 6.15 Å². The summed E-state index contributed by atoms with van der Waals surface area (Å²) in [6.45, 7) is 4.18. The van der Waals surface area contributed by atoms with Gasteiger partial charge in [-0.2, -0.15) is 0 Å². The summed E-state index contributed by atoms with van der Waals surface area (Å²) in [5.41, 5.74) is 0. The molecule has 0 bridgehead atoms. The third-order valence-electron chi connectivity index (χ3n) is 0. The first-order chi connectivity index (χ1) is 5.20. The van der Waals surface area contributed by atoms with Crippen molar-refractivity contribution in [3.05, 3.63) is 0 Å². The van der Waals surface area contributed by atoms with Crippen molar-refractivity contribution in [3.63, 3.8) is 0 Å². The lowest BCUT2D eigenvalue weighted by molar-refractivity contribution is -0.109. The van der Waals surface area contributed by atoms with E-state index in [4.69, 9.17) is 0 Å². The van der Waals surface area contributed by atoms with Crippen molar-refractivity contribution in [2.45, 2.75) is 20.8 Å². The van der Waals surface area contributed by atoms with Gasteiger partial charge in [0.1, 0.15) is 0 Å². The Morgan fingerprint density at radius 1 is 0.692 bits per heavy atom. The van der Waals surface area contributed by atoms with E-state index in [9.17, 15) is 14.4 Å². The molecule has 0 aliphatic rings. The van der Waals surface area contributed by atoms with Crippen LogP contribution in [0.5, 0.6) is 0 Å². The molecule has 0 aromatic heterocycles. The second-order valence-electron chi connectivity index (χ2n) is 1.56. The Morgan fingerprint density at radius 2 is 0.692 bits per heavy atom. The first kappa shape index (κ1) is 23.1. The zero-order valence-electron chi connectivity index (χ0n) is 7.77. The van der Waals surface area contributed by atoms with Gasteiger partial charge in [-0.25, -0.2) is 0 Å². The highest BCUT2D eigenvalue weighted by Crippen LogP contribution is 1.66. The number of carbonyl (C=O) groups excluding carboxylic acids is 3. The lowest BCUT2D eigenvalue weighted by Crippen LogP contribution is -1.62. The molecule has 0 aromatic rings. The lowest BCUT2D eigenvalue weighted by atomic mass is 10.9. The highest BCUT2D eigenvalue weighted by Gasteiger charge is 1.64. The van der Waals surface area contributed by atoms with Crippen molar-refractivity contribution in [2.24, 2.45) is 0 Å². The number of hydrogen-bond donors (Lipinski definition) is 4. The van der Waals surface area contributed by atoms with Gasteiger partial charge in [0.2, 0.25) is 0 Å². The van der Waals surface area contributed by atoms with E-state index in [1.807, 2.05) is 0 Å². The monoisotopic (exact) mass is 245 g/mol. The summed E-state index contributed by atoms with van der Waals surface area (Å²) in [6, 6.07) is 0. The number of carbonyl (C=O) groups is 3. The molecule has 0 rings (SSSR count). The molecule has 0 spiro atoms. The van der Waals surface area contributed by atoms with Crippen LogP contribution in [0.3, 0.4) is 0 Å². The maximum atomic E-state index is 9.31. The fourth-order valence-corrected chi connectivity index (χ4v) is 0. The van der Waals surface area contributed by atoms with Crippen LogP contribution < -0.4 is 6.15 Å². The fourth-order valence-electron chi connectivity index (χ4n) is 0. The predicted octanol–water partition coefficient (Wildman–Crippen LogP) is 1.55. The molecule has 0 saturated heterocycles. The molecule has 0 atom stereocenters. The van der Waals surface area contributed by atoms with Crippen LogP contribution in [-0.4, -0.2) is 15.3 Å². The molecule has 7 heteroatoms. The van der Waals surface area contributed by atoms with Gasteiger partial charge in [0.05, 0.1) is 0 Å². The molecule has 80 valence electrons. The van der Waals surface area contributed by atoms with Gasteiger partial charge in [-0.15, -0.1) is 37.9 Å². The summed E-state index contributed by atoms with van der Waals surface area (Å²) in [5, 5.41) is -0.417. The topological polar surface area (TPSA) is 86.2 Å². The molecular weight excluding hydrogens is 230 g/mol. The first-order valence-corrected chi connectivity index (χ1v) is 4.12. The fraction of sp³-hybridized carbons (Fsp3) is 0.500. The number of rotatable bonds is 0. The number of hydrogen-bond acceptors (Lipinski definition) is 4. The second-order valence-corrected chi connectivity index (χ2v) is 3.45. The first-order valence-electron chi connectivity index (χ1n) is 2.78. The van der Waals surface area contributed by atoms with Crippen molar-refractivity contribution in [1.29, 1.82) is 0 Å². The Bertz CT molecular complexity index is 121. The second kappa shape index (κ2) is 17.9. The summed E-state index contributed by atoms with van der Waals surface area (Å²) < 4.78 is 0. The molecule has 0 aliphatic carbocycles. The van der Waals surface area contributed by atoms with Crippen LogP contribution >= 0.6 is 37.9 Å². The maximum Gasteiger partial charge on any atom is 0.182 e. The van der Waals surface area contributed by atoms with Crippen molar-refractivity contribution in [3.8, 4) is 0 Å². The Balaban J connectivity index is -0.0000000450. The minimum absolute atomic E-state index is 0. The third-order valence-corrected chi connectivity index (χ3v) is 0. The van der Waals surface area contributed by atoms with Crippen LogP contribution in [0, 0.1) is 0 Å². The van der Waals surface area contributed by atoms with Crippen LogP contribution in [0.2, 0.25) is 0 Å². The lowest BCUT2D eigenvalue weighted by Gasteiger charge is -1.55. The molecule has 3 N–H and O–H groups in total. The van der Waals surface area contributed by atoms with E-state index in [-0.39, 0.29) is 21.5 Å². The quantitative estimate of drug-likeness (QED) is 0.488. The van der Waals surface area contributed by atoms with E-state index in [0.717, 1.165) is 0 Å². The van der Waals surface area contributed by atoms with Crippen molar-refractivity contribution >= 4 is 53.2 Å². The van der Waals surface area contributed by atoms with Crippen LogP contribution in [0.4, 0.5) is 0 Å². The maximum absolute atomic E-state index is 9.31. The molecule has 4 nitrogen and oxygen atoms in total. The molecule has 13 heavy (non-hydrogen) atoms. The predicted molar refractivity (Wildman–Crippen MR) is 64.0 cm³/mol. The Kier molecular flexibility index (Phi) is 31.9. The van der Waals surface area contributed by atoms with E-state index in [1.165, 1.54) is 20.8 Å². The van der Waals surface area contributed by atoms with Gasteiger partial charge in [-0.05, 0) is 0 Å². The Morgan fingerprint density at radius 3 is 0.692 bits per heavy atom. The highest BCUT2D eigenvalue weighted by molar-refractivity contribution is 7.96. The van der Waals surface area contributed by atoms with Gasteiger partial charge >= 0.3 is 0 Å². The van der Waals surface area contributed by atoms with Crippen molar-refractivity contribution in [2.75, 3.05) is 0 Å². The largest absolute Gasteiger partial charge is 0.344 e. The van der Waals surface area contributed by atoms with Crippen LogP contribution in [0.25, 0.3) is 0 Å². The van der Waals surface area contributed by atoms with E-state index in [0.29, 0.717) is 0 Å². The van der Waals surface area contributed by atoms with E-state index in [2.05, 4.69) is 37.9 Å². The minimum atomic E-state index is -0.139. The van der Waals surface area contributed by atoms with Gasteiger partial charge in [-0.1, -0.05) is 0 Å².